The molecular formula is C40H35O5P. The van der Waals surface area contributed by atoms with Crippen LogP contribution in [0.1, 0.15) is 85.9 Å². The Morgan fingerprint density at radius 1 is 0.435 bits per heavy atom. The maximum atomic E-state index is 15.3. The van der Waals surface area contributed by atoms with Crippen molar-refractivity contribution in [3.63, 3.8) is 0 Å². The predicted octanol–water partition coefficient (Wildman–Crippen LogP) is 8.67. The molecule has 0 aliphatic rings. The van der Waals surface area contributed by atoms with E-state index in [1.807, 2.05) is 65.8 Å². The molecule has 0 radical (unpaired) electrons. The molecule has 0 spiro atoms. The smallest absolute Gasteiger partial charge is 0.248 e. The van der Waals surface area contributed by atoms with E-state index < -0.39 is 29.8 Å². The normalized spacial score (nSPS) is 11.3. The first kappa shape index (κ1) is 32.4. The summed E-state index contributed by atoms with van der Waals surface area (Å²) in [7, 11) is -4.66. The molecule has 46 heavy (non-hydrogen) atoms. The Hall–Kier alpha value is -4.99. The summed E-state index contributed by atoms with van der Waals surface area (Å²) in [5, 5.41) is 0.0277. The first-order valence-corrected chi connectivity index (χ1v) is 16.8. The quantitative estimate of drug-likeness (QED) is 0.121. The van der Waals surface area contributed by atoms with Gasteiger partial charge in [-0.15, -0.1) is 0 Å². The third-order valence-electron chi connectivity index (χ3n) is 8.30. The number of carbonyl (C=O) groups is 4. The van der Waals surface area contributed by atoms with Crippen LogP contribution in [0, 0.1) is 41.5 Å². The maximum absolute atomic E-state index is 15.3. The van der Waals surface area contributed by atoms with Crippen LogP contribution in [-0.2, 0) is 4.57 Å². The van der Waals surface area contributed by atoms with Gasteiger partial charge in [0.15, 0.2) is 11.6 Å². The van der Waals surface area contributed by atoms with E-state index in [0.717, 1.165) is 33.4 Å². The molecule has 0 heterocycles. The molecule has 0 amide bonds. The van der Waals surface area contributed by atoms with Crippen LogP contribution < -0.4 is 5.30 Å². The molecule has 5 nitrogen and oxygen atoms in total. The summed E-state index contributed by atoms with van der Waals surface area (Å²) in [4.78, 5) is 57.4. The lowest BCUT2D eigenvalue weighted by atomic mass is 9.91. The van der Waals surface area contributed by atoms with Gasteiger partial charge in [-0.1, -0.05) is 114 Å². The third kappa shape index (κ3) is 5.75. The van der Waals surface area contributed by atoms with Crippen LogP contribution in [0.5, 0.6) is 0 Å². The van der Waals surface area contributed by atoms with Gasteiger partial charge >= 0.3 is 0 Å². The van der Waals surface area contributed by atoms with E-state index in [-0.39, 0.29) is 27.6 Å². The minimum Gasteiger partial charge on any atom is -0.302 e. The molecule has 0 aliphatic heterocycles. The Bertz CT molecular complexity index is 1930. The highest BCUT2D eigenvalue weighted by Crippen LogP contribution is 2.52. The van der Waals surface area contributed by atoms with Crippen molar-refractivity contribution in [2.75, 3.05) is 0 Å². The molecule has 5 aromatic carbocycles. The Kier molecular flexibility index (Phi) is 9.01. The van der Waals surface area contributed by atoms with Crippen molar-refractivity contribution in [1.82, 2.24) is 0 Å². The monoisotopic (exact) mass is 626 g/mol. The Morgan fingerprint density at radius 3 is 1.09 bits per heavy atom. The van der Waals surface area contributed by atoms with Gasteiger partial charge in [0.1, 0.15) is 0 Å². The SMILES string of the molecule is Cc1cc(C)c(C(=O)c2ccccc2C(=O)P(=O)(C(=O)c2ccccc2C(=O)c2c(C)cc(C)cc2C)c2ccccc2)c(C)c1. The van der Waals surface area contributed by atoms with Crippen LogP contribution in [0.2, 0.25) is 0 Å². The van der Waals surface area contributed by atoms with Gasteiger partial charge in [0.05, 0.1) is 0 Å². The van der Waals surface area contributed by atoms with Crippen molar-refractivity contribution in [3.05, 3.63) is 170 Å². The van der Waals surface area contributed by atoms with Crippen LogP contribution in [-0.4, -0.2) is 22.6 Å². The molecule has 6 heteroatoms. The summed E-state index contributed by atoms with van der Waals surface area (Å²) < 4.78 is 15.3. The van der Waals surface area contributed by atoms with E-state index in [4.69, 9.17) is 0 Å². The molecule has 0 saturated carbocycles. The van der Waals surface area contributed by atoms with Gasteiger partial charge in [0.2, 0.25) is 18.2 Å². The van der Waals surface area contributed by atoms with Crippen LogP contribution in [0.15, 0.2) is 103 Å². The second kappa shape index (κ2) is 12.8. The van der Waals surface area contributed by atoms with E-state index in [1.165, 1.54) is 36.4 Å². The summed E-state index contributed by atoms with van der Waals surface area (Å²) in [5.41, 5.74) is 3.88. The fourth-order valence-electron chi connectivity index (χ4n) is 6.38. The topological polar surface area (TPSA) is 85.3 Å². The maximum Gasteiger partial charge on any atom is 0.248 e. The van der Waals surface area contributed by atoms with Crippen molar-refractivity contribution in [1.29, 1.82) is 0 Å². The lowest BCUT2D eigenvalue weighted by Crippen LogP contribution is -2.24. The summed E-state index contributed by atoms with van der Waals surface area (Å²) >= 11 is 0. The van der Waals surface area contributed by atoms with Crippen molar-refractivity contribution in [3.8, 4) is 0 Å². The van der Waals surface area contributed by atoms with Gasteiger partial charge in [0, 0.05) is 38.7 Å². The number of ketones is 2. The van der Waals surface area contributed by atoms with Gasteiger partial charge < -0.3 is 4.57 Å². The summed E-state index contributed by atoms with van der Waals surface area (Å²) in [6.45, 7) is 11.2. The van der Waals surface area contributed by atoms with Crippen molar-refractivity contribution < 1.29 is 23.7 Å². The first-order valence-electron chi connectivity index (χ1n) is 15.0. The van der Waals surface area contributed by atoms with Gasteiger partial charge in [-0.3, -0.25) is 19.2 Å². The Balaban J connectivity index is 1.69. The highest BCUT2D eigenvalue weighted by Gasteiger charge is 2.45. The van der Waals surface area contributed by atoms with Gasteiger partial charge in [-0.25, -0.2) is 0 Å². The molecule has 0 bridgehead atoms. The van der Waals surface area contributed by atoms with Crippen LogP contribution >= 0.6 is 7.14 Å². The molecule has 5 rings (SSSR count). The highest BCUT2D eigenvalue weighted by atomic mass is 31.2. The van der Waals surface area contributed by atoms with Crippen LogP contribution in [0.4, 0.5) is 0 Å². The fourth-order valence-corrected chi connectivity index (χ4v) is 8.70. The molecule has 0 saturated heterocycles. The highest BCUT2D eigenvalue weighted by molar-refractivity contribution is 8.01. The second-order valence-electron chi connectivity index (χ2n) is 11.9. The number of carbonyl (C=O) groups excluding carboxylic acids is 4. The van der Waals surface area contributed by atoms with Crippen LogP contribution in [0.25, 0.3) is 0 Å². The zero-order chi connectivity index (χ0) is 33.3. The van der Waals surface area contributed by atoms with Crippen LogP contribution in [0.3, 0.4) is 0 Å². The minimum atomic E-state index is -4.66. The predicted molar refractivity (Wildman–Crippen MR) is 183 cm³/mol. The molecule has 0 aromatic heterocycles. The zero-order valence-electron chi connectivity index (χ0n) is 26.8. The fraction of sp³-hybridized carbons (Fsp3) is 0.150. The molecule has 5 aromatic rings. The van der Waals surface area contributed by atoms with Crippen molar-refractivity contribution in [2.24, 2.45) is 0 Å². The summed E-state index contributed by atoms with van der Waals surface area (Å²) in [5.74, 6) is -0.793. The molecular weight excluding hydrogens is 591 g/mol. The average Bonchev–Trinajstić information content (AvgIpc) is 3.03. The average molecular weight is 627 g/mol. The Labute approximate surface area is 269 Å². The number of benzene rings is 5. The molecule has 230 valence electrons. The van der Waals surface area contributed by atoms with E-state index in [9.17, 15) is 19.2 Å². The number of hydrogen-bond acceptors (Lipinski definition) is 5. The number of aryl methyl sites for hydroxylation is 6. The summed E-state index contributed by atoms with van der Waals surface area (Å²) in [6, 6.07) is 27.8. The molecule has 0 fully saturated rings. The number of rotatable bonds is 9. The van der Waals surface area contributed by atoms with E-state index in [1.54, 1.807) is 42.5 Å². The minimum absolute atomic E-state index is 0.0277. The van der Waals surface area contributed by atoms with Gasteiger partial charge in [0.25, 0.3) is 0 Å². The zero-order valence-corrected chi connectivity index (χ0v) is 27.7. The first-order chi connectivity index (χ1) is 21.9. The standard InChI is InChI=1S/C40H35O5P/c1-24-20-26(3)35(27(4)21-24)37(41)31-16-10-12-18-33(31)39(43)46(45,30-14-8-7-9-15-30)40(44)34-19-13-11-17-32(34)38(42)36-28(5)22-25(2)23-29(36)6/h7-23H,1-6H3. The third-order valence-corrected chi connectivity index (χ3v) is 11.0. The van der Waals surface area contributed by atoms with E-state index in [0.29, 0.717) is 11.1 Å². The molecule has 0 aliphatic carbocycles. The Morgan fingerprint density at radius 2 is 0.739 bits per heavy atom. The van der Waals surface area contributed by atoms with Gasteiger partial charge in [-0.2, -0.15) is 0 Å². The van der Waals surface area contributed by atoms with E-state index in [2.05, 4.69) is 0 Å². The summed E-state index contributed by atoms with van der Waals surface area (Å²) in [6.07, 6.45) is 0. The molecule has 0 unspecified atom stereocenters. The van der Waals surface area contributed by atoms with Crippen molar-refractivity contribution >= 4 is 35.1 Å². The van der Waals surface area contributed by atoms with Gasteiger partial charge in [-0.05, 0) is 63.8 Å². The largest absolute Gasteiger partial charge is 0.302 e. The lowest BCUT2D eigenvalue weighted by molar-refractivity contribution is 0.100. The molecule has 0 N–H and O–H groups in total. The van der Waals surface area contributed by atoms with Crippen molar-refractivity contribution in [2.45, 2.75) is 41.5 Å². The number of hydrogen-bond donors (Lipinski definition) is 0. The molecule has 0 atom stereocenters. The lowest BCUT2D eigenvalue weighted by Gasteiger charge is -2.20. The second-order valence-corrected chi connectivity index (χ2v) is 14.4. The van der Waals surface area contributed by atoms with E-state index >= 15 is 4.57 Å².